The zero-order valence-electron chi connectivity index (χ0n) is 18.1. The Morgan fingerprint density at radius 2 is 1.11 bits per heavy atom. The number of ether oxygens (including phenoxy) is 1. The van der Waals surface area contributed by atoms with Gasteiger partial charge in [0.25, 0.3) is 0 Å². The predicted octanol–water partition coefficient (Wildman–Crippen LogP) is 7.30. The fraction of sp³-hybridized carbons (Fsp3) is 0.960. The summed E-state index contributed by atoms with van der Waals surface area (Å²) in [6.45, 7) is 4.60. The highest BCUT2D eigenvalue weighted by molar-refractivity contribution is 5.72. The SMILES string of the molecule is CCCC1CCC(OC(=O)[C@H]2CC[C@H]([C@H]3CC[C@H](CCC)CC3)CC2)CC1. The zero-order chi connectivity index (χ0) is 19.1. The first-order valence-corrected chi connectivity index (χ1v) is 12.4. The lowest BCUT2D eigenvalue weighted by atomic mass is 9.69. The van der Waals surface area contributed by atoms with Gasteiger partial charge in [0.2, 0.25) is 0 Å². The van der Waals surface area contributed by atoms with E-state index in [1.54, 1.807) is 0 Å². The van der Waals surface area contributed by atoms with Crippen molar-refractivity contribution >= 4 is 5.97 Å². The molecular weight excluding hydrogens is 332 g/mol. The highest BCUT2D eigenvalue weighted by Crippen LogP contribution is 2.42. The third kappa shape index (κ3) is 6.23. The third-order valence-corrected chi connectivity index (χ3v) is 8.13. The van der Waals surface area contributed by atoms with Crippen LogP contribution in [0.2, 0.25) is 0 Å². The Labute approximate surface area is 168 Å². The molecule has 3 saturated carbocycles. The van der Waals surface area contributed by atoms with Gasteiger partial charge in [0.1, 0.15) is 6.10 Å². The molecule has 0 radical (unpaired) electrons. The lowest BCUT2D eigenvalue weighted by Gasteiger charge is -2.37. The van der Waals surface area contributed by atoms with Crippen LogP contribution in [0.1, 0.15) is 117 Å². The molecular formula is C25H44O2. The molecule has 0 unspecified atom stereocenters. The van der Waals surface area contributed by atoms with Gasteiger partial charge in [0.05, 0.1) is 5.92 Å². The lowest BCUT2D eigenvalue weighted by molar-refractivity contribution is -0.157. The highest BCUT2D eigenvalue weighted by Gasteiger charge is 2.34. The predicted molar refractivity (Wildman–Crippen MR) is 113 cm³/mol. The molecule has 0 N–H and O–H groups in total. The molecule has 0 saturated heterocycles. The van der Waals surface area contributed by atoms with Crippen molar-refractivity contribution in [1.29, 1.82) is 0 Å². The maximum atomic E-state index is 12.6. The highest BCUT2D eigenvalue weighted by atomic mass is 16.5. The van der Waals surface area contributed by atoms with Gasteiger partial charge in [-0.1, -0.05) is 52.4 Å². The summed E-state index contributed by atoms with van der Waals surface area (Å²) >= 11 is 0. The molecule has 0 aromatic carbocycles. The van der Waals surface area contributed by atoms with Crippen LogP contribution >= 0.6 is 0 Å². The molecule has 0 aliphatic heterocycles. The van der Waals surface area contributed by atoms with Gasteiger partial charge in [0, 0.05) is 0 Å². The molecule has 156 valence electrons. The van der Waals surface area contributed by atoms with E-state index in [-0.39, 0.29) is 18.0 Å². The molecule has 3 aliphatic carbocycles. The summed E-state index contributed by atoms with van der Waals surface area (Å²) in [5.41, 5.74) is 0. The number of carbonyl (C=O) groups excluding carboxylic acids is 1. The van der Waals surface area contributed by atoms with Gasteiger partial charge in [0.15, 0.2) is 0 Å². The van der Waals surface area contributed by atoms with Crippen molar-refractivity contribution in [3.63, 3.8) is 0 Å². The second kappa shape index (κ2) is 10.9. The minimum atomic E-state index is 0.138. The molecule has 0 heterocycles. The summed E-state index contributed by atoms with van der Waals surface area (Å²) in [5, 5.41) is 0. The van der Waals surface area contributed by atoms with Crippen LogP contribution in [-0.2, 0) is 9.53 Å². The van der Waals surface area contributed by atoms with E-state index in [2.05, 4.69) is 13.8 Å². The van der Waals surface area contributed by atoms with Crippen LogP contribution in [0.3, 0.4) is 0 Å². The van der Waals surface area contributed by atoms with E-state index in [1.165, 1.54) is 77.0 Å². The van der Waals surface area contributed by atoms with Crippen molar-refractivity contribution < 1.29 is 9.53 Å². The van der Waals surface area contributed by atoms with E-state index in [1.807, 2.05) is 0 Å². The Kier molecular flexibility index (Phi) is 8.52. The largest absolute Gasteiger partial charge is 0.462 e. The van der Waals surface area contributed by atoms with Crippen molar-refractivity contribution in [2.45, 2.75) is 123 Å². The van der Waals surface area contributed by atoms with E-state index in [4.69, 9.17) is 4.74 Å². The summed E-state index contributed by atoms with van der Waals surface area (Å²) in [6.07, 6.45) is 20.9. The first-order chi connectivity index (χ1) is 13.2. The van der Waals surface area contributed by atoms with Gasteiger partial charge >= 0.3 is 5.97 Å². The van der Waals surface area contributed by atoms with Crippen molar-refractivity contribution in [1.82, 2.24) is 0 Å². The van der Waals surface area contributed by atoms with E-state index in [0.717, 1.165) is 49.4 Å². The molecule has 2 nitrogen and oxygen atoms in total. The summed E-state index contributed by atoms with van der Waals surface area (Å²) in [7, 11) is 0. The summed E-state index contributed by atoms with van der Waals surface area (Å²) in [6, 6.07) is 0. The Bertz CT molecular complexity index is 422. The quantitative estimate of drug-likeness (QED) is 0.436. The smallest absolute Gasteiger partial charge is 0.309 e. The van der Waals surface area contributed by atoms with Crippen molar-refractivity contribution in [2.24, 2.45) is 29.6 Å². The second-order valence-electron chi connectivity index (χ2n) is 10.0. The number of esters is 1. The maximum absolute atomic E-state index is 12.6. The van der Waals surface area contributed by atoms with Crippen LogP contribution in [0, 0.1) is 29.6 Å². The van der Waals surface area contributed by atoms with E-state index in [9.17, 15) is 4.79 Å². The van der Waals surface area contributed by atoms with Crippen LogP contribution in [0.15, 0.2) is 0 Å². The maximum Gasteiger partial charge on any atom is 0.309 e. The average molecular weight is 377 g/mol. The molecule has 0 aromatic rings. The van der Waals surface area contributed by atoms with Gasteiger partial charge in [-0.05, 0) is 87.9 Å². The fourth-order valence-electron chi connectivity index (χ4n) is 6.39. The van der Waals surface area contributed by atoms with Crippen LogP contribution in [0.25, 0.3) is 0 Å². The van der Waals surface area contributed by atoms with Gasteiger partial charge < -0.3 is 4.74 Å². The van der Waals surface area contributed by atoms with E-state index < -0.39 is 0 Å². The normalized spacial score (nSPS) is 37.7. The molecule has 0 bridgehead atoms. The molecule has 0 atom stereocenters. The monoisotopic (exact) mass is 376 g/mol. The van der Waals surface area contributed by atoms with Crippen LogP contribution in [-0.4, -0.2) is 12.1 Å². The third-order valence-electron chi connectivity index (χ3n) is 8.13. The average Bonchev–Trinajstić information content (AvgIpc) is 2.71. The van der Waals surface area contributed by atoms with Crippen molar-refractivity contribution in [3.05, 3.63) is 0 Å². The van der Waals surface area contributed by atoms with Crippen LogP contribution < -0.4 is 0 Å². The van der Waals surface area contributed by atoms with Crippen LogP contribution in [0.4, 0.5) is 0 Å². The number of carbonyl (C=O) groups is 1. The van der Waals surface area contributed by atoms with Crippen LogP contribution in [0.5, 0.6) is 0 Å². The molecule has 3 aliphatic rings. The Morgan fingerprint density at radius 3 is 1.59 bits per heavy atom. The molecule has 3 fully saturated rings. The van der Waals surface area contributed by atoms with Gasteiger partial charge in [-0.2, -0.15) is 0 Å². The van der Waals surface area contributed by atoms with Gasteiger partial charge in [-0.15, -0.1) is 0 Å². The molecule has 0 aromatic heterocycles. The molecule has 0 amide bonds. The Hall–Kier alpha value is -0.530. The minimum absolute atomic E-state index is 0.138. The van der Waals surface area contributed by atoms with E-state index in [0.29, 0.717) is 0 Å². The molecule has 27 heavy (non-hydrogen) atoms. The molecule has 3 rings (SSSR count). The number of hydrogen-bond acceptors (Lipinski definition) is 2. The van der Waals surface area contributed by atoms with Gasteiger partial charge in [-0.3, -0.25) is 4.79 Å². The number of hydrogen-bond donors (Lipinski definition) is 0. The summed E-state index contributed by atoms with van der Waals surface area (Å²) in [4.78, 5) is 12.6. The first kappa shape index (κ1) is 21.2. The standard InChI is InChI=1S/C25H44O2/c1-3-5-19-7-11-21(12-8-19)22-13-15-23(16-14-22)25(26)27-24-17-9-20(6-4-2)10-18-24/h19-24H,3-18H2,1-2H3/t19-,20?,21-,22-,23-,24?. The Balaban J connectivity index is 1.34. The summed E-state index contributed by atoms with van der Waals surface area (Å²) in [5.74, 6) is 4.06. The first-order valence-electron chi connectivity index (χ1n) is 12.4. The van der Waals surface area contributed by atoms with Crippen molar-refractivity contribution in [3.8, 4) is 0 Å². The fourth-order valence-corrected chi connectivity index (χ4v) is 6.39. The molecule has 2 heteroatoms. The topological polar surface area (TPSA) is 26.3 Å². The molecule has 0 spiro atoms. The van der Waals surface area contributed by atoms with Crippen molar-refractivity contribution in [2.75, 3.05) is 0 Å². The second-order valence-corrected chi connectivity index (χ2v) is 10.0. The Morgan fingerprint density at radius 1 is 0.667 bits per heavy atom. The van der Waals surface area contributed by atoms with E-state index >= 15 is 0 Å². The lowest BCUT2D eigenvalue weighted by Crippen LogP contribution is -2.32. The zero-order valence-corrected chi connectivity index (χ0v) is 18.1. The number of rotatable bonds is 7. The minimum Gasteiger partial charge on any atom is -0.462 e. The summed E-state index contributed by atoms with van der Waals surface area (Å²) < 4.78 is 5.94. The van der Waals surface area contributed by atoms with Gasteiger partial charge in [-0.25, -0.2) is 0 Å².